The first kappa shape index (κ1) is 27.1. The lowest BCUT2D eigenvalue weighted by molar-refractivity contribution is -0.137. The second kappa shape index (κ2) is 11.3. The maximum atomic E-state index is 13.6. The summed E-state index contributed by atoms with van der Waals surface area (Å²) in [5.74, 6) is 6.20. The number of hydrogen-bond acceptors (Lipinski definition) is 5. The van der Waals surface area contributed by atoms with E-state index in [0.717, 1.165) is 49.3 Å². The smallest absolute Gasteiger partial charge is 0.322 e. The Kier molecular flexibility index (Phi) is 7.67. The molecule has 1 amide bonds. The van der Waals surface area contributed by atoms with Crippen molar-refractivity contribution in [2.24, 2.45) is 0 Å². The lowest BCUT2D eigenvalue weighted by Crippen LogP contribution is -2.28. The number of carbonyl (C=O) groups is 1. The van der Waals surface area contributed by atoms with Crippen molar-refractivity contribution < 1.29 is 18.0 Å². The standard InChI is InChI=1S/C30H27F3N6O/c1-19-5-6-22(12-21(19)7-8-28-35-11-9-27(38-28)23-4-3-10-34-16-23)29(40)37-25-13-24(30(31,32)33)14-26(15-25)39-17-20(2)36-18-39/h5-6,9,11-15,17-18,23,34H,3-4,10,16H2,1-2H3,(H,37,40). The number of anilines is 1. The summed E-state index contributed by atoms with van der Waals surface area (Å²) in [6.45, 7) is 5.48. The fraction of sp³-hybridized carbons (Fsp3) is 0.267. The van der Waals surface area contributed by atoms with Gasteiger partial charge in [0.2, 0.25) is 5.82 Å². The van der Waals surface area contributed by atoms with Crippen LogP contribution in [-0.4, -0.2) is 38.5 Å². The number of rotatable bonds is 4. The summed E-state index contributed by atoms with van der Waals surface area (Å²) in [4.78, 5) is 26.1. The summed E-state index contributed by atoms with van der Waals surface area (Å²) in [5, 5.41) is 5.98. The molecule has 1 saturated heterocycles. The lowest BCUT2D eigenvalue weighted by Gasteiger charge is -2.21. The van der Waals surface area contributed by atoms with E-state index in [1.54, 1.807) is 37.5 Å². The largest absolute Gasteiger partial charge is 0.416 e. The van der Waals surface area contributed by atoms with Crippen molar-refractivity contribution in [2.45, 2.75) is 38.8 Å². The quantitative estimate of drug-likeness (QED) is 0.336. The molecular formula is C30H27F3N6O. The van der Waals surface area contributed by atoms with Crippen LogP contribution in [0.2, 0.25) is 0 Å². The van der Waals surface area contributed by atoms with Crippen molar-refractivity contribution in [3.8, 4) is 17.5 Å². The molecule has 0 radical (unpaired) electrons. The van der Waals surface area contributed by atoms with Crippen molar-refractivity contribution in [3.05, 3.63) is 101 Å². The molecule has 40 heavy (non-hydrogen) atoms. The summed E-state index contributed by atoms with van der Waals surface area (Å²) >= 11 is 0. The van der Waals surface area contributed by atoms with E-state index in [2.05, 4.69) is 37.4 Å². The summed E-state index contributed by atoms with van der Waals surface area (Å²) in [5.41, 5.74) is 2.66. The molecule has 4 aromatic rings. The molecule has 0 saturated carbocycles. The Bertz CT molecular complexity index is 1610. The minimum Gasteiger partial charge on any atom is -0.322 e. The fourth-order valence-corrected chi connectivity index (χ4v) is 4.55. The van der Waals surface area contributed by atoms with Crippen LogP contribution in [0.5, 0.6) is 0 Å². The van der Waals surface area contributed by atoms with Crippen molar-refractivity contribution in [1.29, 1.82) is 0 Å². The van der Waals surface area contributed by atoms with E-state index >= 15 is 0 Å². The molecule has 0 aliphatic carbocycles. The van der Waals surface area contributed by atoms with Crippen LogP contribution in [0.15, 0.2) is 61.2 Å². The van der Waals surface area contributed by atoms with Gasteiger partial charge in [-0.3, -0.25) is 4.79 Å². The Balaban J connectivity index is 1.39. The van der Waals surface area contributed by atoms with Gasteiger partial charge in [0.15, 0.2) is 0 Å². The molecule has 204 valence electrons. The second-order valence-corrected chi connectivity index (χ2v) is 9.77. The zero-order valence-corrected chi connectivity index (χ0v) is 22.0. The molecule has 1 atom stereocenters. The Morgan fingerprint density at radius 3 is 2.67 bits per heavy atom. The van der Waals surface area contributed by atoms with Crippen LogP contribution in [0.4, 0.5) is 18.9 Å². The van der Waals surface area contributed by atoms with Crippen LogP contribution < -0.4 is 10.6 Å². The predicted octanol–water partition coefficient (Wildman–Crippen LogP) is 5.42. The molecule has 2 aromatic heterocycles. The van der Waals surface area contributed by atoms with Crippen LogP contribution in [0.1, 0.15) is 63.0 Å². The van der Waals surface area contributed by atoms with E-state index in [-0.39, 0.29) is 16.9 Å². The van der Waals surface area contributed by atoms with Gasteiger partial charge < -0.3 is 15.2 Å². The molecule has 2 N–H and O–H groups in total. The third kappa shape index (κ3) is 6.38. The molecule has 5 rings (SSSR count). The highest BCUT2D eigenvalue weighted by molar-refractivity contribution is 6.04. The van der Waals surface area contributed by atoms with Crippen molar-refractivity contribution in [2.75, 3.05) is 18.4 Å². The monoisotopic (exact) mass is 544 g/mol. The summed E-state index contributed by atoms with van der Waals surface area (Å²) in [7, 11) is 0. The molecule has 10 heteroatoms. The number of amides is 1. The maximum Gasteiger partial charge on any atom is 0.416 e. The number of piperidine rings is 1. The number of nitrogens with one attached hydrogen (secondary N) is 2. The Labute approximate surface area is 229 Å². The zero-order valence-electron chi connectivity index (χ0n) is 22.0. The summed E-state index contributed by atoms with van der Waals surface area (Å²) in [6, 6.07) is 10.3. The SMILES string of the molecule is Cc1cn(-c2cc(NC(=O)c3ccc(C)c(C#Cc4nccc(C5CCCNC5)n4)c3)cc(C(F)(F)F)c2)cn1. The van der Waals surface area contributed by atoms with Gasteiger partial charge in [0.1, 0.15) is 0 Å². The third-order valence-electron chi connectivity index (χ3n) is 6.71. The van der Waals surface area contributed by atoms with E-state index in [0.29, 0.717) is 23.0 Å². The maximum absolute atomic E-state index is 13.6. The average molecular weight is 545 g/mol. The highest BCUT2D eigenvalue weighted by Crippen LogP contribution is 2.33. The van der Waals surface area contributed by atoms with Gasteiger partial charge >= 0.3 is 6.18 Å². The van der Waals surface area contributed by atoms with Gasteiger partial charge in [-0.05, 0) is 81.1 Å². The Hall–Kier alpha value is -4.49. The van der Waals surface area contributed by atoms with Gasteiger partial charge in [-0.1, -0.05) is 12.0 Å². The molecule has 0 spiro atoms. The molecule has 0 bridgehead atoms. The third-order valence-corrected chi connectivity index (χ3v) is 6.71. The normalized spacial score (nSPS) is 15.3. The number of aryl methyl sites for hydroxylation is 2. The average Bonchev–Trinajstić information content (AvgIpc) is 3.39. The number of hydrogen-bond donors (Lipinski definition) is 2. The van der Waals surface area contributed by atoms with Crippen molar-refractivity contribution in [3.63, 3.8) is 0 Å². The van der Waals surface area contributed by atoms with E-state index < -0.39 is 17.6 Å². The first-order valence-electron chi connectivity index (χ1n) is 12.9. The van der Waals surface area contributed by atoms with Crippen molar-refractivity contribution in [1.82, 2.24) is 24.8 Å². The van der Waals surface area contributed by atoms with Gasteiger partial charge in [0, 0.05) is 53.1 Å². The molecule has 7 nitrogen and oxygen atoms in total. The molecule has 2 aromatic carbocycles. The molecule has 1 fully saturated rings. The van der Waals surface area contributed by atoms with Crippen LogP contribution in [0, 0.1) is 25.7 Å². The van der Waals surface area contributed by atoms with Crippen molar-refractivity contribution >= 4 is 11.6 Å². The Morgan fingerprint density at radius 2 is 1.95 bits per heavy atom. The highest BCUT2D eigenvalue weighted by atomic mass is 19.4. The van der Waals surface area contributed by atoms with Gasteiger partial charge in [-0.15, -0.1) is 0 Å². The summed E-state index contributed by atoms with van der Waals surface area (Å²) in [6.07, 6.45) is 2.29. The van der Waals surface area contributed by atoms with Gasteiger partial charge in [0.25, 0.3) is 5.91 Å². The minimum atomic E-state index is -4.59. The van der Waals surface area contributed by atoms with E-state index in [9.17, 15) is 18.0 Å². The van der Waals surface area contributed by atoms with E-state index in [1.165, 1.54) is 17.0 Å². The Morgan fingerprint density at radius 1 is 1.10 bits per heavy atom. The molecule has 3 heterocycles. The second-order valence-electron chi connectivity index (χ2n) is 9.77. The van der Waals surface area contributed by atoms with Gasteiger partial charge in [-0.2, -0.15) is 13.2 Å². The number of benzene rings is 2. The van der Waals surface area contributed by atoms with Gasteiger partial charge in [-0.25, -0.2) is 15.0 Å². The van der Waals surface area contributed by atoms with Gasteiger partial charge in [0.05, 0.1) is 17.6 Å². The number of carbonyl (C=O) groups excluding carboxylic acids is 1. The molecule has 1 aliphatic heterocycles. The number of halogens is 3. The van der Waals surface area contributed by atoms with Crippen LogP contribution in [0.3, 0.4) is 0 Å². The van der Waals surface area contributed by atoms with Crippen LogP contribution in [-0.2, 0) is 6.18 Å². The first-order valence-corrected chi connectivity index (χ1v) is 12.9. The topological polar surface area (TPSA) is 84.7 Å². The predicted molar refractivity (Wildman–Crippen MR) is 145 cm³/mol. The minimum absolute atomic E-state index is 0.0109. The van der Waals surface area contributed by atoms with Crippen LogP contribution >= 0.6 is 0 Å². The number of nitrogens with zero attached hydrogens (tertiary/aromatic N) is 4. The fourth-order valence-electron chi connectivity index (χ4n) is 4.55. The molecule has 1 aliphatic rings. The number of aromatic nitrogens is 4. The van der Waals surface area contributed by atoms with Crippen LogP contribution in [0.25, 0.3) is 5.69 Å². The molecule has 1 unspecified atom stereocenters. The highest BCUT2D eigenvalue weighted by Gasteiger charge is 2.31. The number of imidazole rings is 1. The summed E-state index contributed by atoms with van der Waals surface area (Å²) < 4.78 is 42.3. The van der Waals surface area contributed by atoms with E-state index in [1.807, 2.05) is 13.0 Å². The first-order chi connectivity index (χ1) is 19.2. The zero-order chi connectivity index (χ0) is 28.3. The van der Waals surface area contributed by atoms with E-state index in [4.69, 9.17) is 0 Å². The lowest BCUT2D eigenvalue weighted by atomic mass is 9.96. The number of alkyl halides is 3. The molecular weight excluding hydrogens is 517 g/mol.